The van der Waals surface area contributed by atoms with Crippen LogP contribution in [0.4, 0.5) is 0 Å². The quantitative estimate of drug-likeness (QED) is 0.459. The minimum absolute atomic E-state index is 0.0738. The Hall–Kier alpha value is -2.90. The van der Waals surface area contributed by atoms with Crippen LogP contribution in [0.2, 0.25) is 0 Å². The Labute approximate surface area is 216 Å². The van der Waals surface area contributed by atoms with Crippen molar-refractivity contribution in [2.45, 2.75) is 68.8 Å². The van der Waals surface area contributed by atoms with Gasteiger partial charge in [0.15, 0.2) is 23.4 Å². The summed E-state index contributed by atoms with van der Waals surface area (Å²) < 4.78 is 18.0. The first-order valence-corrected chi connectivity index (χ1v) is 13.6. The van der Waals surface area contributed by atoms with E-state index in [1.165, 1.54) is 12.8 Å². The number of carbonyl (C=O) groups excluding carboxylic acids is 2. The van der Waals surface area contributed by atoms with Crippen molar-refractivity contribution in [3.8, 4) is 11.5 Å². The molecule has 7 nitrogen and oxygen atoms in total. The van der Waals surface area contributed by atoms with Gasteiger partial charge in [-0.3, -0.25) is 14.5 Å². The van der Waals surface area contributed by atoms with Crippen LogP contribution in [0.25, 0.3) is 0 Å². The predicted octanol–water partition coefficient (Wildman–Crippen LogP) is 3.19. The van der Waals surface area contributed by atoms with Crippen LogP contribution >= 0.6 is 0 Å². The van der Waals surface area contributed by atoms with E-state index in [9.17, 15) is 14.7 Å². The van der Waals surface area contributed by atoms with Crippen LogP contribution in [0.5, 0.6) is 11.5 Å². The molecule has 3 fully saturated rings. The number of Topliss-reactive ketones (excluding diaryl/α,β-unsaturated/α-hetero) is 1. The zero-order chi connectivity index (χ0) is 25.4. The van der Waals surface area contributed by atoms with E-state index in [2.05, 4.69) is 11.0 Å². The molecule has 2 aromatic carbocycles. The molecule has 1 saturated heterocycles. The fourth-order valence-electron chi connectivity index (χ4n) is 7.58. The second kappa shape index (κ2) is 8.30. The standard InChI is InChI=1S/C30H33NO6/c1-2-35-28(33)21-15-30(34)23-14-20-10-11-22(36-17-19-6-4-3-5-7-19)26-24(20)29(30,27(37-26)25(21)32)12-13-31(23)16-18-8-9-18/h3-7,10-11,18,21,23,27,34H,2,8-9,12-17H2,1H3/t21?,23-,27+,29+,30-/m1/s1. The van der Waals surface area contributed by atoms with Crippen LogP contribution in [-0.4, -0.2) is 59.2 Å². The molecule has 1 spiro atoms. The van der Waals surface area contributed by atoms with Crippen LogP contribution in [0.1, 0.15) is 49.3 Å². The van der Waals surface area contributed by atoms with Crippen molar-refractivity contribution in [3.05, 3.63) is 59.2 Å². The molecule has 2 heterocycles. The first kappa shape index (κ1) is 23.2. The first-order valence-electron chi connectivity index (χ1n) is 13.6. The van der Waals surface area contributed by atoms with Crippen molar-refractivity contribution < 1.29 is 28.9 Å². The number of likely N-dealkylation sites (tertiary alicyclic amines) is 1. The Balaban J connectivity index is 1.33. The van der Waals surface area contributed by atoms with Crippen molar-refractivity contribution in [1.82, 2.24) is 4.90 Å². The molecule has 5 atom stereocenters. The van der Waals surface area contributed by atoms with Gasteiger partial charge in [0.1, 0.15) is 12.5 Å². The number of esters is 1. The molecule has 7 rings (SSSR count). The van der Waals surface area contributed by atoms with Crippen LogP contribution in [0, 0.1) is 11.8 Å². The second-order valence-electron chi connectivity index (χ2n) is 11.4. The van der Waals surface area contributed by atoms with E-state index < -0.39 is 29.0 Å². The monoisotopic (exact) mass is 503 g/mol. The molecule has 2 aromatic rings. The third-order valence-corrected chi connectivity index (χ3v) is 9.42. The van der Waals surface area contributed by atoms with Gasteiger partial charge >= 0.3 is 5.97 Å². The molecule has 37 heavy (non-hydrogen) atoms. The third kappa shape index (κ3) is 3.26. The van der Waals surface area contributed by atoms with E-state index in [0.717, 1.165) is 29.8 Å². The van der Waals surface area contributed by atoms with Gasteiger partial charge in [0, 0.05) is 18.2 Å². The Bertz CT molecular complexity index is 1260. The van der Waals surface area contributed by atoms with E-state index in [0.29, 0.717) is 36.9 Å². The Kier molecular flexibility index (Phi) is 5.21. The van der Waals surface area contributed by atoms with Crippen molar-refractivity contribution in [2.24, 2.45) is 11.8 Å². The molecule has 0 radical (unpaired) electrons. The molecule has 0 amide bonds. The van der Waals surface area contributed by atoms with Gasteiger partial charge in [0.2, 0.25) is 0 Å². The summed E-state index contributed by atoms with van der Waals surface area (Å²) >= 11 is 0. The Morgan fingerprint density at radius 2 is 2.00 bits per heavy atom. The highest BCUT2D eigenvalue weighted by Gasteiger charge is 2.75. The molecular formula is C30H33NO6. The second-order valence-corrected chi connectivity index (χ2v) is 11.4. The molecule has 1 unspecified atom stereocenters. The van der Waals surface area contributed by atoms with Crippen LogP contribution in [0.15, 0.2) is 42.5 Å². The van der Waals surface area contributed by atoms with E-state index in [4.69, 9.17) is 14.2 Å². The lowest BCUT2D eigenvalue weighted by Crippen LogP contribution is -2.78. The number of hydrogen-bond acceptors (Lipinski definition) is 7. The van der Waals surface area contributed by atoms with Gasteiger partial charge in [-0.2, -0.15) is 0 Å². The number of ether oxygens (including phenoxy) is 3. The molecule has 3 aliphatic carbocycles. The summed E-state index contributed by atoms with van der Waals surface area (Å²) in [6.45, 7) is 4.05. The zero-order valence-corrected chi connectivity index (χ0v) is 21.2. The molecule has 5 aliphatic rings. The summed E-state index contributed by atoms with van der Waals surface area (Å²) in [5.41, 5.74) is 0.911. The van der Waals surface area contributed by atoms with E-state index in [-0.39, 0.29) is 24.9 Å². The van der Waals surface area contributed by atoms with Crippen molar-refractivity contribution in [1.29, 1.82) is 0 Å². The highest BCUT2D eigenvalue weighted by atomic mass is 16.5. The topological polar surface area (TPSA) is 85.3 Å². The maximum Gasteiger partial charge on any atom is 0.316 e. The molecule has 0 aromatic heterocycles. The van der Waals surface area contributed by atoms with E-state index in [1.807, 2.05) is 36.4 Å². The summed E-state index contributed by atoms with van der Waals surface area (Å²) in [7, 11) is 0. The number of carbonyl (C=O) groups is 2. The Morgan fingerprint density at radius 3 is 2.76 bits per heavy atom. The average Bonchev–Trinajstić information content (AvgIpc) is 3.64. The summed E-state index contributed by atoms with van der Waals surface area (Å²) in [5, 5.41) is 12.7. The van der Waals surface area contributed by atoms with Gasteiger partial charge < -0.3 is 19.3 Å². The van der Waals surface area contributed by atoms with Gasteiger partial charge in [-0.1, -0.05) is 36.4 Å². The van der Waals surface area contributed by atoms with Crippen molar-refractivity contribution in [2.75, 3.05) is 19.7 Å². The van der Waals surface area contributed by atoms with Gasteiger partial charge in [0.25, 0.3) is 0 Å². The van der Waals surface area contributed by atoms with Crippen LogP contribution in [0.3, 0.4) is 0 Å². The number of aliphatic hydroxyl groups is 1. The summed E-state index contributed by atoms with van der Waals surface area (Å²) in [5.74, 6) is -0.0676. The molecule has 7 heteroatoms. The highest BCUT2D eigenvalue weighted by Crippen LogP contribution is 2.65. The SMILES string of the molecule is CCOC(=O)C1C[C@@]2(O)[C@H]3Cc4ccc(OCc5ccccc5)c5c4[C@@]2(CCN3CC2CC2)[C@@H](O5)C1=O. The number of hydrogen-bond donors (Lipinski definition) is 1. The summed E-state index contributed by atoms with van der Waals surface area (Å²) in [4.78, 5) is 29.2. The molecule has 2 aliphatic heterocycles. The molecule has 194 valence electrons. The Morgan fingerprint density at radius 1 is 1.19 bits per heavy atom. The zero-order valence-electron chi connectivity index (χ0n) is 21.2. The van der Waals surface area contributed by atoms with E-state index in [1.54, 1.807) is 6.92 Å². The molecule has 1 N–H and O–H groups in total. The van der Waals surface area contributed by atoms with Crippen LogP contribution < -0.4 is 9.47 Å². The maximum atomic E-state index is 13.9. The average molecular weight is 504 g/mol. The van der Waals surface area contributed by atoms with Gasteiger partial charge in [-0.15, -0.1) is 0 Å². The fraction of sp³-hybridized carbons (Fsp3) is 0.533. The first-order chi connectivity index (χ1) is 18.0. The van der Waals surface area contributed by atoms with Crippen molar-refractivity contribution in [3.63, 3.8) is 0 Å². The number of nitrogens with zero attached hydrogens (tertiary/aromatic N) is 1. The number of rotatable bonds is 7. The number of ketones is 1. The maximum absolute atomic E-state index is 13.9. The highest BCUT2D eigenvalue weighted by molar-refractivity contribution is 6.04. The van der Waals surface area contributed by atoms with Crippen LogP contribution in [-0.2, 0) is 32.8 Å². The smallest absolute Gasteiger partial charge is 0.316 e. The lowest BCUT2D eigenvalue weighted by atomic mass is 9.47. The minimum Gasteiger partial charge on any atom is -0.485 e. The molecule has 2 bridgehead atoms. The van der Waals surface area contributed by atoms with Gasteiger partial charge in [-0.05, 0) is 68.7 Å². The number of benzene rings is 2. The minimum atomic E-state index is -1.27. The predicted molar refractivity (Wildman–Crippen MR) is 134 cm³/mol. The molecular weight excluding hydrogens is 470 g/mol. The summed E-state index contributed by atoms with van der Waals surface area (Å²) in [6, 6.07) is 13.8. The molecule has 2 saturated carbocycles. The lowest BCUT2D eigenvalue weighted by molar-refractivity contribution is -0.202. The van der Waals surface area contributed by atoms with Crippen molar-refractivity contribution >= 4 is 11.8 Å². The van der Waals surface area contributed by atoms with Gasteiger partial charge in [-0.25, -0.2) is 0 Å². The lowest BCUT2D eigenvalue weighted by Gasteiger charge is -2.63. The van der Waals surface area contributed by atoms with E-state index >= 15 is 0 Å². The summed E-state index contributed by atoms with van der Waals surface area (Å²) in [6.07, 6.45) is 2.87. The largest absolute Gasteiger partial charge is 0.485 e. The number of piperidine rings is 1. The fourth-order valence-corrected chi connectivity index (χ4v) is 7.58. The normalized spacial score (nSPS) is 33.5. The van der Waals surface area contributed by atoms with Gasteiger partial charge in [0.05, 0.1) is 17.6 Å². The third-order valence-electron chi connectivity index (χ3n) is 9.42.